The van der Waals surface area contributed by atoms with Crippen LogP contribution in [0.2, 0.25) is 0 Å². The van der Waals surface area contributed by atoms with Crippen LogP contribution in [0, 0.1) is 0 Å². The molecule has 1 aliphatic rings. The van der Waals surface area contributed by atoms with Crippen molar-refractivity contribution in [1.82, 2.24) is 0 Å². The molecule has 0 amide bonds. The van der Waals surface area contributed by atoms with E-state index in [2.05, 4.69) is 15.9 Å². The quantitative estimate of drug-likeness (QED) is 0.656. The van der Waals surface area contributed by atoms with E-state index in [0.717, 1.165) is 30.9 Å². The molecule has 0 nitrogen and oxygen atoms in total. The second-order valence-electron chi connectivity index (χ2n) is 4.23. The van der Waals surface area contributed by atoms with Gasteiger partial charge < -0.3 is 0 Å². The zero-order valence-electron chi connectivity index (χ0n) is 8.60. The van der Waals surface area contributed by atoms with Crippen LogP contribution in [0.25, 0.3) is 0 Å². The van der Waals surface area contributed by atoms with Gasteiger partial charge in [-0.3, -0.25) is 0 Å². The zero-order chi connectivity index (χ0) is 11.8. The van der Waals surface area contributed by atoms with Crippen LogP contribution < -0.4 is 0 Å². The Kier molecular flexibility index (Phi) is 3.29. The van der Waals surface area contributed by atoms with Gasteiger partial charge in [0.25, 0.3) is 0 Å². The molecule has 0 saturated heterocycles. The molecule has 0 aliphatic heterocycles. The summed E-state index contributed by atoms with van der Waals surface area (Å²) in [6.45, 7) is 0. The minimum absolute atomic E-state index is 0.270. The van der Waals surface area contributed by atoms with Gasteiger partial charge in [-0.1, -0.05) is 34.1 Å². The predicted octanol–water partition coefficient (Wildman–Crippen LogP) is 4.74. The maximum absolute atomic E-state index is 12.5. The van der Waals surface area contributed by atoms with Crippen molar-refractivity contribution >= 4 is 15.9 Å². The Labute approximate surface area is 101 Å². The summed E-state index contributed by atoms with van der Waals surface area (Å²) in [6.07, 6.45) is -1.29. The first kappa shape index (κ1) is 12.0. The van der Waals surface area contributed by atoms with Crippen LogP contribution in [0.4, 0.5) is 13.2 Å². The molecule has 0 aromatic heterocycles. The number of alkyl halides is 4. The van der Waals surface area contributed by atoms with E-state index in [1.54, 1.807) is 6.07 Å². The molecule has 2 atom stereocenters. The monoisotopic (exact) mass is 292 g/mol. The lowest BCUT2D eigenvalue weighted by Crippen LogP contribution is -2.06. The molecule has 1 aromatic carbocycles. The van der Waals surface area contributed by atoms with E-state index in [1.807, 2.05) is 0 Å². The largest absolute Gasteiger partial charge is 0.416 e. The lowest BCUT2D eigenvalue weighted by Gasteiger charge is -2.13. The summed E-state index contributed by atoms with van der Waals surface area (Å²) < 4.78 is 37.6. The van der Waals surface area contributed by atoms with Crippen LogP contribution in [-0.2, 0) is 6.18 Å². The van der Waals surface area contributed by atoms with Gasteiger partial charge in [-0.2, -0.15) is 13.2 Å². The number of halogens is 4. The average molecular weight is 293 g/mol. The van der Waals surface area contributed by atoms with Gasteiger partial charge in [-0.05, 0) is 36.8 Å². The molecule has 1 saturated carbocycles. The van der Waals surface area contributed by atoms with E-state index in [1.165, 1.54) is 12.1 Å². The van der Waals surface area contributed by atoms with Crippen molar-refractivity contribution in [3.05, 3.63) is 35.4 Å². The van der Waals surface area contributed by atoms with Crippen molar-refractivity contribution in [1.29, 1.82) is 0 Å². The minimum atomic E-state index is -4.23. The summed E-state index contributed by atoms with van der Waals surface area (Å²) in [5.74, 6) is 0.270. The lowest BCUT2D eigenvalue weighted by molar-refractivity contribution is -0.137. The second kappa shape index (κ2) is 4.40. The van der Waals surface area contributed by atoms with Crippen LogP contribution in [0.1, 0.15) is 36.3 Å². The van der Waals surface area contributed by atoms with Gasteiger partial charge in [0.05, 0.1) is 5.56 Å². The van der Waals surface area contributed by atoms with E-state index in [-0.39, 0.29) is 5.92 Å². The Morgan fingerprint density at radius 2 is 1.94 bits per heavy atom. The topological polar surface area (TPSA) is 0 Å². The van der Waals surface area contributed by atoms with E-state index < -0.39 is 11.7 Å². The van der Waals surface area contributed by atoms with E-state index in [4.69, 9.17) is 0 Å². The molecular formula is C12H12BrF3. The fourth-order valence-corrected chi connectivity index (χ4v) is 2.91. The van der Waals surface area contributed by atoms with Gasteiger partial charge >= 0.3 is 6.18 Å². The number of hydrogen-bond donors (Lipinski definition) is 0. The van der Waals surface area contributed by atoms with Crippen molar-refractivity contribution in [2.24, 2.45) is 0 Å². The first-order chi connectivity index (χ1) is 7.47. The van der Waals surface area contributed by atoms with Gasteiger partial charge in [-0.15, -0.1) is 0 Å². The number of benzene rings is 1. The molecule has 0 N–H and O–H groups in total. The number of hydrogen-bond acceptors (Lipinski definition) is 0. The molecule has 0 heterocycles. The Hall–Kier alpha value is -0.510. The van der Waals surface area contributed by atoms with Crippen molar-refractivity contribution in [3.8, 4) is 0 Å². The Balaban J connectivity index is 2.23. The van der Waals surface area contributed by atoms with Crippen molar-refractivity contribution in [3.63, 3.8) is 0 Å². The maximum atomic E-state index is 12.5. The molecule has 2 rings (SSSR count). The van der Waals surface area contributed by atoms with Crippen LogP contribution >= 0.6 is 15.9 Å². The molecular weight excluding hydrogens is 281 g/mol. The van der Waals surface area contributed by atoms with Gasteiger partial charge in [0, 0.05) is 4.83 Å². The standard InChI is InChI=1S/C12H12BrF3/c13-11-5-4-9(7-11)8-2-1-3-10(6-8)12(14,15)16/h1-3,6,9,11H,4-5,7H2. The molecule has 2 unspecified atom stereocenters. The molecule has 1 aliphatic carbocycles. The van der Waals surface area contributed by atoms with Gasteiger partial charge in [0.2, 0.25) is 0 Å². The highest BCUT2D eigenvalue weighted by Crippen LogP contribution is 2.39. The molecule has 0 radical (unpaired) electrons. The highest BCUT2D eigenvalue weighted by molar-refractivity contribution is 9.09. The third-order valence-electron chi connectivity index (χ3n) is 3.05. The van der Waals surface area contributed by atoms with Gasteiger partial charge in [0.15, 0.2) is 0 Å². The molecule has 88 valence electrons. The highest BCUT2D eigenvalue weighted by atomic mass is 79.9. The second-order valence-corrected chi connectivity index (χ2v) is 5.53. The maximum Gasteiger partial charge on any atom is 0.416 e. The molecule has 16 heavy (non-hydrogen) atoms. The van der Waals surface area contributed by atoms with E-state index in [0.29, 0.717) is 4.83 Å². The summed E-state index contributed by atoms with van der Waals surface area (Å²) >= 11 is 3.51. The summed E-state index contributed by atoms with van der Waals surface area (Å²) in [5, 5.41) is 0. The molecule has 1 aromatic rings. The number of rotatable bonds is 1. The minimum Gasteiger partial charge on any atom is -0.166 e. The smallest absolute Gasteiger partial charge is 0.166 e. The lowest BCUT2D eigenvalue weighted by atomic mass is 9.96. The summed E-state index contributed by atoms with van der Waals surface area (Å²) in [6, 6.07) is 5.71. The van der Waals surface area contributed by atoms with Crippen molar-refractivity contribution in [2.75, 3.05) is 0 Å². The predicted molar refractivity (Wildman–Crippen MR) is 60.8 cm³/mol. The molecule has 1 fully saturated rings. The normalized spacial score (nSPS) is 26.0. The van der Waals surface area contributed by atoms with Crippen LogP contribution in [0.5, 0.6) is 0 Å². The van der Waals surface area contributed by atoms with Crippen LogP contribution in [0.3, 0.4) is 0 Å². The third-order valence-corrected chi connectivity index (χ3v) is 3.89. The molecule has 0 spiro atoms. The zero-order valence-corrected chi connectivity index (χ0v) is 10.2. The van der Waals surface area contributed by atoms with Crippen LogP contribution in [-0.4, -0.2) is 4.83 Å². The Morgan fingerprint density at radius 1 is 1.19 bits per heavy atom. The van der Waals surface area contributed by atoms with E-state index in [9.17, 15) is 13.2 Å². The summed E-state index contributed by atoms with van der Waals surface area (Å²) in [5.41, 5.74) is 0.278. The molecule has 0 bridgehead atoms. The highest BCUT2D eigenvalue weighted by Gasteiger charge is 2.32. The first-order valence-electron chi connectivity index (χ1n) is 5.28. The SMILES string of the molecule is FC(F)(F)c1cccc(C2CCC(Br)C2)c1. The van der Waals surface area contributed by atoms with Crippen LogP contribution in [0.15, 0.2) is 24.3 Å². The van der Waals surface area contributed by atoms with Gasteiger partial charge in [0.1, 0.15) is 0 Å². The summed E-state index contributed by atoms with van der Waals surface area (Å²) in [7, 11) is 0. The fraction of sp³-hybridized carbons (Fsp3) is 0.500. The summed E-state index contributed by atoms with van der Waals surface area (Å²) in [4.78, 5) is 0.451. The Bertz CT molecular complexity index is 373. The average Bonchev–Trinajstić information content (AvgIpc) is 2.64. The Morgan fingerprint density at radius 3 is 2.50 bits per heavy atom. The molecule has 4 heteroatoms. The van der Waals surface area contributed by atoms with E-state index >= 15 is 0 Å². The van der Waals surface area contributed by atoms with Crippen molar-refractivity contribution in [2.45, 2.75) is 36.2 Å². The third kappa shape index (κ3) is 2.59. The first-order valence-corrected chi connectivity index (χ1v) is 6.19. The van der Waals surface area contributed by atoms with Crippen molar-refractivity contribution < 1.29 is 13.2 Å². The van der Waals surface area contributed by atoms with Gasteiger partial charge in [-0.25, -0.2) is 0 Å². The fourth-order valence-electron chi connectivity index (χ4n) is 2.20.